The van der Waals surface area contributed by atoms with E-state index in [2.05, 4.69) is 5.32 Å². The lowest BCUT2D eigenvalue weighted by Gasteiger charge is -2.35. The van der Waals surface area contributed by atoms with Gasteiger partial charge in [0.25, 0.3) is 0 Å². The van der Waals surface area contributed by atoms with Crippen LogP contribution in [0.4, 0.5) is 4.39 Å². The van der Waals surface area contributed by atoms with Crippen molar-refractivity contribution in [3.05, 3.63) is 35.6 Å². The zero-order chi connectivity index (χ0) is 13.8. The Morgan fingerprint density at radius 1 is 1.37 bits per heavy atom. The summed E-state index contributed by atoms with van der Waals surface area (Å²) in [6, 6.07) is 6.99. The number of hydrogen-bond donors (Lipinski definition) is 1. The van der Waals surface area contributed by atoms with Crippen LogP contribution in [0, 0.1) is 5.82 Å². The first-order valence-electron chi connectivity index (χ1n) is 6.46. The second-order valence-electron chi connectivity index (χ2n) is 5.07. The highest BCUT2D eigenvalue weighted by Crippen LogP contribution is 2.09. The van der Waals surface area contributed by atoms with Gasteiger partial charge < -0.3 is 10.2 Å². The molecule has 0 unspecified atom stereocenters. The number of halogens is 1. The van der Waals surface area contributed by atoms with Gasteiger partial charge in [-0.25, -0.2) is 4.39 Å². The Morgan fingerprint density at radius 2 is 2.05 bits per heavy atom. The molecule has 1 amide bonds. The lowest BCUT2D eigenvalue weighted by Crippen LogP contribution is -2.57. The summed E-state index contributed by atoms with van der Waals surface area (Å²) in [5.74, 6) is -0.253. The largest absolute Gasteiger partial charge is 0.340 e. The SMILES string of the molecule is CN(Cc1ccccc1F)C(=O)CN(C)C1CNC1. The topological polar surface area (TPSA) is 35.6 Å². The van der Waals surface area contributed by atoms with Gasteiger partial charge in [0, 0.05) is 38.3 Å². The van der Waals surface area contributed by atoms with Crippen LogP contribution in [0.25, 0.3) is 0 Å². The van der Waals surface area contributed by atoms with Crippen molar-refractivity contribution >= 4 is 5.91 Å². The fourth-order valence-electron chi connectivity index (χ4n) is 2.02. The molecule has 2 rings (SSSR count). The molecule has 104 valence electrons. The van der Waals surface area contributed by atoms with Crippen molar-refractivity contribution in [2.75, 3.05) is 33.7 Å². The van der Waals surface area contributed by atoms with Gasteiger partial charge in [-0.3, -0.25) is 9.69 Å². The van der Waals surface area contributed by atoms with Crippen LogP contribution in [-0.4, -0.2) is 55.5 Å². The minimum Gasteiger partial charge on any atom is -0.340 e. The molecule has 1 saturated heterocycles. The molecule has 1 aliphatic rings. The van der Waals surface area contributed by atoms with Gasteiger partial charge in [0.2, 0.25) is 5.91 Å². The van der Waals surface area contributed by atoms with Gasteiger partial charge in [-0.15, -0.1) is 0 Å². The maximum absolute atomic E-state index is 13.5. The number of likely N-dealkylation sites (N-methyl/N-ethyl adjacent to an activating group) is 2. The van der Waals surface area contributed by atoms with E-state index in [1.807, 2.05) is 11.9 Å². The molecule has 5 heteroatoms. The Labute approximate surface area is 113 Å². The number of carbonyl (C=O) groups excluding carboxylic acids is 1. The van der Waals surface area contributed by atoms with Crippen molar-refractivity contribution in [2.24, 2.45) is 0 Å². The molecule has 1 N–H and O–H groups in total. The molecule has 0 spiro atoms. The van der Waals surface area contributed by atoms with Crippen LogP contribution in [0.1, 0.15) is 5.56 Å². The molecule has 0 aliphatic carbocycles. The van der Waals surface area contributed by atoms with Crippen LogP contribution < -0.4 is 5.32 Å². The van der Waals surface area contributed by atoms with Crippen molar-refractivity contribution in [2.45, 2.75) is 12.6 Å². The third-order valence-corrected chi connectivity index (χ3v) is 3.56. The predicted octanol–water partition coefficient (Wildman–Crippen LogP) is 0.688. The fourth-order valence-corrected chi connectivity index (χ4v) is 2.02. The Kier molecular flexibility index (Phi) is 4.50. The number of hydrogen-bond acceptors (Lipinski definition) is 3. The number of rotatable bonds is 5. The molecule has 0 radical (unpaired) electrons. The number of nitrogens with one attached hydrogen (secondary N) is 1. The summed E-state index contributed by atoms with van der Waals surface area (Å²) in [5, 5.41) is 3.18. The number of benzene rings is 1. The van der Waals surface area contributed by atoms with Gasteiger partial charge in [-0.1, -0.05) is 18.2 Å². The molecule has 1 fully saturated rings. The minimum atomic E-state index is -0.265. The maximum Gasteiger partial charge on any atom is 0.236 e. The number of amides is 1. The second kappa shape index (κ2) is 6.12. The van der Waals surface area contributed by atoms with E-state index < -0.39 is 0 Å². The Balaban J connectivity index is 1.86. The van der Waals surface area contributed by atoms with Gasteiger partial charge in [0.1, 0.15) is 5.82 Å². The van der Waals surface area contributed by atoms with Crippen molar-refractivity contribution in [1.29, 1.82) is 0 Å². The third-order valence-electron chi connectivity index (χ3n) is 3.56. The Bertz CT molecular complexity index is 448. The van der Waals surface area contributed by atoms with Crippen molar-refractivity contribution in [3.63, 3.8) is 0 Å². The highest BCUT2D eigenvalue weighted by molar-refractivity contribution is 5.78. The van der Waals surface area contributed by atoms with E-state index in [9.17, 15) is 9.18 Å². The molecule has 0 bridgehead atoms. The summed E-state index contributed by atoms with van der Waals surface area (Å²) in [5.41, 5.74) is 0.548. The van der Waals surface area contributed by atoms with Gasteiger partial charge >= 0.3 is 0 Å². The van der Waals surface area contributed by atoms with Crippen LogP contribution >= 0.6 is 0 Å². The monoisotopic (exact) mass is 265 g/mol. The summed E-state index contributed by atoms with van der Waals surface area (Å²) in [6.07, 6.45) is 0. The standard InChI is InChI=1S/C14H20FN3O/c1-17(12-7-16-8-12)10-14(19)18(2)9-11-5-3-4-6-13(11)15/h3-6,12,16H,7-10H2,1-2H3. The van der Waals surface area contributed by atoms with Crippen molar-refractivity contribution in [1.82, 2.24) is 15.1 Å². The molecule has 0 aromatic heterocycles. The Morgan fingerprint density at radius 3 is 2.63 bits per heavy atom. The zero-order valence-corrected chi connectivity index (χ0v) is 11.4. The summed E-state index contributed by atoms with van der Waals surface area (Å²) < 4.78 is 13.5. The van der Waals surface area contributed by atoms with E-state index in [4.69, 9.17) is 0 Å². The molecular weight excluding hydrogens is 245 g/mol. The van der Waals surface area contributed by atoms with E-state index >= 15 is 0 Å². The molecule has 1 heterocycles. The first-order chi connectivity index (χ1) is 9.08. The molecule has 1 aromatic rings. The van der Waals surface area contributed by atoms with Gasteiger partial charge in [0.05, 0.1) is 6.54 Å². The Hall–Kier alpha value is -1.46. The highest BCUT2D eigenvalue weighted by Gasteiger charge is 2.24. The van der Waals surface area contributed by atoms with Gasteiger partial charge in [0.15, 0.2) is 0 Å². The van der Waals surface area contributed by atoms with E-state index in [0.29, 0.717) is 24.7 Å². The zero-order valence-electron chi connectivity index (χ0n) is 11.4. The minimum absolute atomic E-state index is 0.0117. The molecule has 1 aliphatic heterocycles. The average Bonchev–Trinajstić information content (AvgIpc) is 2.29. The lowest BCUT2D eigenvalue weighted by molar-refractivity contribution is -0.132. The number of carbonyl (C=O) groups is 1. The van der Waals surface area contributed by atoms with Crippen LogP contribution in [0.15, 0.2) is 24.3 Å². The maximum atomic E-state index is 13.5. The van der Waals surface area contributed by atoms with E-state index in [-0.39, 0.29) is 11.7 Å². The average molecular weight is 265 g/mol. The molecule has 0 atom stereocenters. The van der Waals surface area contributed by atoms with Gasteiger partial charge in [-0.05, 0) is 13.1 Å². The summed E-state index contributed by atoms with van der Waals surface area (Å²) in [6.45, 7) is 2.54. The van der Waals surface area contributed by atoms with Crippen LogP contribution in [0.5, 0.6) is 0 Å². The first-order valence-corrected chi connectivity index (χ1v) is 6.46. The lowest BCUT2D eigenvalue weighted by atomic mass is 10.1. The second-order valence-corrected chi connectivity index (χ2v) is 5.07. The summed E-state index contributed by atoms with van der Waals surface area (Å²) in [4.78, 5) is 15.7. The van der Waals surface area contributed by atoms with Crippen molar-refractivity contribution in [3.8, 4) is 0 Å². The quantitative estimate of drug-likeness (QED) is 0.851. The van der Waals surface area contributed by atoms with E-state index in [1.54, 1.807) is 30.1 Å². The van der Waals surface area contributed by atoms with Crippen LogP contribution in [0.2, 0.25) is 0 Å². The van der Waals surface area contributed by atoms with Crippen molar-refractivity contribution < 1.29 is 9.18 Å². The molecule has 0 saturated carbocycles. The van der Waals surface area contributed by atoms with E-state index in [0.717, 1.165) is 13.1 Å². The van der Waals surface area contributed by atoms with Crippen LogP contribution in [-0.2, 0) is 11.3 Å². The molecule has 19 heavy (non-hydrogen) atoms. The first kappa shape index (κ1) is 14.0. The third kappa shape index (κ3) is 3.52. The van der Waals surface area contributed by atoms with Crippen LogP contribution in [0.3, 0.4) is 0 Å². The van der Waals surface area contributed by atoms with Gasteiger partial charge in [-0.2, -0.15) is 0 Å². The smallest absolute Gasteiger partial charge is 0.236 e. The molecule has 4 nitrogen and oxygen atoms in total. The van der Waals surface area contributed by atoms with E-state index in [1.165, 1.54) is 6.07 Å². The predicted molar refractivity (Wildman–Crippen MR) is 72.2 cm³/mol. The summed E-state index contributed by atoms with van der Waals surface area (Å²) in [7, 11) is 3.65. The number of nitrogens with zero attached hydrogens (tertiary/aromatic N) is 2. The normalized spacial score (nSPS) is 15.4. The fraction of sp³-hybridized carbons (Fsp3) is 0.500. The highest BCUT2D eigenvalue weighted by atomic mass is 19.1. The molecular formula is C14H20FN3O. The summed E-state index contributed by atoms with van der Waals surface area (Å²) >= 11 is 0. The molecule has 1 aromatic carbocycles.